The number of benzene rings is 1. The molecule has 2 nitrogen and oxygen atoms in total. The number of unbranched alkanes of at least 4 members (excludes halogenated alkanes) is 3. The fourth-order valence-corrected chi connectivity index (χ4v) is 2.32. The number of hydrogen-bond acceptors (Lipinski definition) is 3. The minimum Gasteiger partial charge on any atom is -0.307 e. The van der Waals surface area contributed by atoms with Gasteiger partial charge in [-0.3, -0.25) is 4.79 Å². The van der Waals surface area contributed by atoms with Crippen LogP contribution in [0.15, 0.2) is 24.3 Å². The summed E-state index contributed by atoms with van der Waals surface area (Å²) >= 11 is 1.35. The minimum atomic E-state index is 0.149. The van der Waals surface area contributed by atoms with Crippen molar-refractivity contribution < 1.29 is 4.79 Å². The van der Waals surface area contributed by atoms with Gasteiger partial charge >= 0.3 is 0 Å². The number of rotatable bonds is 8. The zero-order valence-corrected chi connectivity index (χ0v) is 12.2. The van der Waals surface area contributed by atoms with Gasteiger partial charge in [0.2, 0.25) is 5.12 Å². The van der Waals surface area contributed by atoms with Gasteiger partial charge in [-0.15, -0.1) is 0 Å². The van der Waals surface area contributed by atoms with Crippen molar-refractivity contribution in [2.45, 2.75) is 39.5 Å². The van der Waals surface area contributed by atoms with Gasteiger partial charge in [-0.1, -0.05) is 67.8 Å². The predicted molar refractivity (Wildman–Crippen MR) is 80.1 cm³/mol. The highest BCUT2D eigenvalue weighted by atomic mass is 32.2. The average molecular weight is 265 g/mol. The Labute approximate surface area is 115 Å². The van der Waals surface area contributed by atoms with Gasteiger partial charge in [0.15, 0.2) is 0 Å². The van der Waals surface area contributed by atoms with Gasteiger partial charge < -0.3 is 5.32 Å². The standard InChI is InChI=1S/C15H23NOS/c1-3-4-5-6-11-16-12-18-15(17)14-9-7-13(2)8-10-14/h7-10,16H,3-6,11-12H2,1-2H3. The fraction of sp³-hybridized carbons (Fsp3) is 0.533. The lowest BCUT2D eigenvalue weighted by Gasteiger charge is -2.04. The molecule has 0 bridgehead atoms. The number of nitrogens with one attached hydrogen (secondary N) is 1. The Morgan fingerprint density at radius 1 is 1.17 bits per heavy atom. The molecular weight excluding hydrogens is 242 g/mol. The summed E-state index contributed by atoms with van der Waals surface area (Å²) in [5.74, 6) is 0.707. The molecule has 0 aromatic heterocycles. The van der Waals surface area contributed by atoms with Crippen LogP contribution in [0, 0.1) is 6.92 Å². The Bertz CT molecular complexity index is 348. The third-order valence-corrected chi connectivity index (χ3v) is 3.65. The maximum atomic E-state index is 11.8. The largest absolute Gasteiger partial charge is 0.307 e. The molecule has 0 amide bonds. The fourth-order valence-electron chi connectivity index (χ4n) is 1.64. The minimum absolute atomic E-state index is 0.149. The van der Waals surface area contributed by atoms with E-state index in [1.165, 1.54) is 43.0 Å². The van der Waals surface area contributed by atoms with Gasteiger partial charge in [-0.05, 0) is 19.9 Å². The summed E-state index contributed by atoms with van der Waals surface area (Å²) in [6.07, 6.45) is 5.05. The first-order valence-electron chi connectivity index (χ1n) is 6.68. The lowest BCUT2D eigenvalue weighted by Crippen LogP contribution is -2.15. The molecule has 0 fully saturated rings. The van der Waals surface area contributed by atoms with Crippen LogP contribution >= 0.6 is 11.8 Å². The highest BCUT2D eigenvalue weighted by molar-refractivity contribution is 8.14. The third kappa shape index (κ3) is 6.22. The lowest BCUT2D eigenvalue weighted by molar-refractivity contribution is 0.108. The van der Waals surface area contributed by atoms with Crippen LogP contribution in [-0.4, -0.2) is 17.5 Å². The normalized spacial score (nSPS) is 10.6. The summed E-state index contributed by atoms with van der Waals surface area (Å²) in [6.45, 7) is 5.25. The first-order chi connectivity index (χ1) is 8.74. The number of thioether (sulfide) groups is 1. The highest BCUT2D eigenvalue weighted by Crippen LogP contribution is 2.12. The molecule has 0 heterocycles. The van der Waals surface area contributed by atoms with E-state index >= 15 is 0 Å². The van der Waals surface area contributed by atoms with Crippen LogP contribution in [-0.2, 0) is 0 Å². The van der Waals surface area contributed by atoms with E-state index in [4.69, 9.17) is 0 Å². The van der Waals surface area contributed by atoms with Gasteiger partial charge in [0, 0.05) is 11.4 Å². The van der Waals surface area contributed by atoms with Gasteiger partial charge in [0.05, 0.1) is 0 Å². The van der Waals surface area contributed by atoms with Crippen molar-refractivity contribution in [1.29, 1.82) is 0 Å². The van der Waals surface area contributed by atoms with E-state index in [2.05, 4.69) is 12.2 Å². The molecule has 3 heteroatoms. The monoisotopic (exact) mass is 265 g/mol. The molecule has 1 N–H and O–H groups in total. The van der Waals surface area contributed by atoms with E-state index in [0.29, 0.717) is 5.88 Å². The van der Waals surface area contributed by atoms with Crippen molar-refractivity contribution >= 4 is 16.9 Å². The van der Waals surface area contributed by atoms with Gasteiger partial charge in [0.25, 0.3) is 0 Å². The Balaban J connectivity index is 2.12. The van der Waals surface area contributed by atoms with Crippen LogP contribution in [0.25, 0.3) is 0 Å². The summed E-state index contributed by atoms with van der Waals surface area (Å²) in [4.78, 5) is 11.8. The summed E-state index contributed by atoms with van der Waals surface area (Å²) < 4.78 is 0. The smallest absolute Gasteiger partial charge is 0.220 e. The average Bonchev–Trinajstić information content (AvgIpc) is 2.38. The van der Waals surface area contributed by atoms with E-state index in [1.54, 1.807) is 0 Å². The molecule has 100 valence electrons. The van der Waals surface area contributed by atoms with Crippen molar-refractivity contribution in [2.75, 3.05) is 12.4 Å². The summed E-state index contributed by atoms with van der Waals surface area (Å²) in [7, 11) is 0. The number of aryl methyl sites for hydroxylation is 1. The Morgan fingerprint density at radius 2 is 1.89 bits per heavy atom. The quantitative estimate of drug-likeness (QED) is 0.569. The highest BCUT2D eigenvalue weighted by Gasteiger charge is 2.04. The SMILES string of the molecule is CCCCCCNCSC(=O)c1ccc(C)cc1. The summed E-state index contributed by atoms with van der Waals surface area (Å²) in [5, 5.41) is 3.45. The number of carbonyl (C=O) groups excluding carboxylic acids is 1. The van der Waals surface area contributed by atoms with E-state index in [0.717, 1.165) is 12.1 Å². The third-order valence-electron chi connectivity index (χ3n) is 2.80. The van der Waals surface area contributed by atoms with Crippen LogP contribution in [0.1, 0.15) is 48.5 Å². The number of hydrogen-bond donors (Lipinski definition) is 1. The molecule has 1 aromatic carbocycles. The Kier molecular flexibility index (Phi) is 7.78. The summed E-state index contributed by atoms with van der Waals surface area (Å²) in [5.41, 5.74) is 1.98. The molecule has 1 rings (SSSR count). The number of carbonyl (C=O) groups is 1. The van der Waals surface area contributed by atoms with Crippen LogP contribution in [0.3, 0.4) is 0 Å². The van der Waals surface area contributed by atoms with Crippen LogP contribution < -0.4 is 5.32 Å². The van der Waals surface area contributed by atoms with Crippen molar-refractivity contribution in [2.24, 2.45) is 0 Å². The van der Waals surface area contributed by atoms with Crippen molar-refractivity contribution in [1.82, 2.24) is 5.32 Å². The van der Waals surface area contributed by atoms with E-state index < -0.39 is 0 Å². The van der Waals surface area contributed by atoms with E-state index in [9.17, 15) is 4.79 Å². The Morgan fingerprint density at radius 3 is 2.56 bits per heavy atom. The van der Waals surface area contributed by atoms with Crippen LogP contribution in [0.2, 0.25) is 0 Å². The zero-order chi connectivity index (χ0) is 13.2. The van der Waals surface area contributed by atoms with E-state index in [-0.39, 0.29) is 5.12 Å². The first-order valence-corrected chi connectivity index (χ1v) is 7.67. The van der Waals surface area contributed by atoms with Crippen molar-refractivity contribution in [3.63, 3.8) is 0 Å². The molecule has 0 unspecified atom stereocenters. The molecule has 18 heavy (non-hydrogen) atoms. The first kappa shape index (κ1) is 15.3. The topological polar surface area (TPSA) is 29.1 Å². The molecule has 0 radical (unpaired) electrons. The molecular formula is C15H23NOS. The Hall–Kier alpha value is -0.800. The van der Waals surface area contributed by atoms with Gasteiger partial charge in [-0.2, -0.15) is 0 Å². The molecule has 0 atom stereocenters. The lowest BCUT2D eigenvalue weighted by atomic mass is 10.2. The maximum Gasteiger partial charge on any atom is 0.220 e. The molecule has 0 aliphatic heterocycles. The van der Waals surface area contributed by atoms with Crippen molar-refractivity contribution in [3.8, 4) is 0 Å². The molecule has 0 saturated heterocycles. The second-order valence-electron chi connectivity index (χ2n) is 4.50. The van der Waals surface area contributed by atoms with Gasteiger partial charge in [-0.25, -0.2) is 0 Å². The molecule has 1 aromatic rings. The molecule has 0 spiro atoms. The second-order valence-corrected chi connectivity index (χ2v) is 5.45. The zero-order valence-electron chi connectivity index (χ0n) is 11.4. The second kappa shape index (κ2) is 9.17. The maximum absolute atomic E-state index is 11.8. The van der Waals surface area contributed by atoms with E-state index in [1.807, 2.05) is 31.2 Å². The molecule has 0 aliphatic carbocycles. The van der Waals surface area contributed by atoms with Crippen LogP contribution in [0.4, 0.5) is 0 Å². The molecule has 0 saturated carbocycles. The van der Waals surface area contributed by atoms with Crippen LogP contribution in [0.5, 0.6) is 0 Å². The predicted octanol–water partition coefficient (Wildman–Crippen LogP) is 4.00. The molecule has 0 aliphatic rings. The van der Waals surface area contributed by atoms with Gasteiger partial charge in [0.1, 0.15) is 0 Å². The van der Waals surface area contributed by atoms with Crippen molar-refractivity contribution in [3.05, 3.63) is 35.4 Å². The summed E-state index contributed by atoms with van der Waals surface area (Å²) in [6, 6.07) is 7.75.